The first-order chi connectivity index (χ1) is 8.70. The van der Waals surface area contributed by atoms with E-state index in [0.717, 1.165) is 31.9 Å². The van der Waals surface area contributed by atoms with Gasteiger partial charge in [-0.15, -0.1) is 0 Å². The summed E-state index contributed by atoms with van der Waals surface area (Å²) in [6, 6.07) is 2.09. The molecular weight excluding hydrogens is 233 g/mol. The molecule has 1 aromatic rings. The van der Waals surface area contributed by atoms with E-state index in [2.05, 4.69) is 15.6 Å². The Kier molecular flexibility index (Phi) is 4.25. The average molecular weight is 251 g/mol. The van der Waals surface area contributed by atoms with Crippen molar-refractivity contribution in [2.75, 3.05) is 7.05 Å². The van der Waals surface area contributed by atoms with Crippen LogP contribution in [-0.4, -0.2) is 30.0 Å². The molecular formula is C13H18FN3O. The van der Waals surface area contributed by atoms with Crippen LogP contribution in [0.15, 0.2) is 18.5 Å². The second-order valence-corrected chi connectivity index (χ2v) is 4.67. The van der Waals surface area contributed by atoms with Crippen LogP contribution in [0.3, 0.4) is 0 Å². The highest BCUT2D eigenvalue weighted by Gasteiger charge is 2.22. The monoisotopic (exact) mass is 251 g/mol. The average Bonchev–Trinajstić information content (AvgIpc) is 2.40. The maximum Gasteiger partial charge on any atom is 0.254 e. The number of rotatable bonds is 3. The van der Waals surface area contributed by atoms with Gasteiger partial charge in [0.25, 0.3) is 5.91 Å². The van der Waals surface area contributed by atoms with Crippen LogP contribution >= 0.6 is 0 Å². The number of nitrogens with zero attached hydrogens (tertiary/aromatic N) is 1. The topological polar surface area (TPSA) is 54.0 Å². The summed E-state index contributed by atoms with van der Waals surface area (Å²) < 4.78 is 13.4. The Bertz CT molecular complexity index is 416. The van der Waals surface area contributed by atoms with E-state index in [-0.39, 0.29) is 17.5 Å². The lowest BCUT2D eigenvalue weighted by atomic mass is 9.91. The normalized spacial score (nSPS) is 23.7. The minimum atomic E-state index is -0.570. The van der Waals surface area contributed by atoms with Crippen LogP contribution in [0, 0.1) is 5.82 Å². The van der Waals surface area contributed by atoms with Crippen molar-refractivity contribution < 1.29 is 9.18 Å². The SMILES string of the molecule is CNC1CCC(NC(=O)c2ccncc2F)CC1. The largest absolute Gasteiger partial charge is 0.349 e. The molecule has 1 aromatic heterocycles. The third kappa shape index (κ3) is 3.04. The number of carbonyl (C=O) groups excluding carboxylic acids is 1. The molecule has 0 aromatic carbocycles. The van der Waals surface area contributed by atoms with Crippen molar-refractivity contribution in [2.45, 2.75) is 37.8 Å². The van der Waals surface area contributed by atoms with Gasteiger partial charge in [0.05, 0.1) is 11.8 Å². The van der Waals surface area contributed by atoms with Gasteiger partial charge >= 0.3 is 0 Å². The molecule has 2 N–H and O–H groups in total. The highest BCUT2D eigenvalue weighted by molar-refractivity contribution is 5.94. The van der Waals surface area contributed by atoms with Gasteiger partial charge in [0, 0.05) is 18.3 Å². The number of halogens is 1. The summed E-state index contributed by atoms with van der Waals surface area (Å²) in [6.45, 7) is 0. The van der Waals surface area contributed by atoms with Gasteiger partial charge in [0.2, 0.25) is 0 Å². The van der Waals surface area contributed by atoms with Gasteiger partial charge in [-0.25, -0.2) is 4.39 Å². The number of aromatic nitrogens is 1. The molecule has 1 aliphatic carbocycles. The Balaban J connectivity index is 1.91. The Morgan fingerprint density at radius 2 is 2.00 bits per heavy atom. The number of carbonyl (C=O) groups is 1. The van der Waals surface area contributed by atoms with E-state index >= 15 is 0 Å². The fraction of sp³-hybridized carbons (Fsp3) is 0.538. The summed E-state index contributed by atoms with van der Waals surface area (Å²) in [6.07, 6.45) is 6.44. The van der Waals surface area contributed by atoms with E-state index in [9.17, 15) is 9.18 Å². The molecule has 1 heterocycles. The number of hydrogen-bond acceptors (Lipinski definition) is 3. The molecule has 1 aliphatic rings. The molecule has 1 saturated carbocycles. The molecule has 2 rings (SSSR count). The van der Waals surface area contributed by atoms with E-state index < -0.39 is 5.82 Å². The van der Waals surface area contributed by atoms with Crippen molar-refractivity contribution in [3.63, 3.8) is 0 Å². The van der Waals surface area contributed by atoms with Gasteiger partial charge in [-0.1, -0.05) is 0 Å². The summed E-state index contributed by atoms with van der Waals surface area (Å²) in [7, 11) is 1.95. The molecule has 1 fully saturated rings. The highest BCUT2D eigenvalue weighted by atomic mass is 19.1. The molecule has 1 amide bonds. The summed E-state index contributed by atoms with van der Waals surface area (Å²) in [4.78, 5) is 15.5. The standard InChI is InChI=1S/C13H18FN3O/c1-15-9-2-4-10(5-3-9)17-13(18)11-6-7-16-8-12(11)14/h6-10,15H,2-5H2,1H3,(H,17,18). The van der Waals surface area contributed by atoms with Crippen LogP contribution < -0.4 is 10.6 Å². The smallest absolute Gasteiger partial charge is 0.254 e. The zero-order valence-corrected chi connectivity index (χ0v) is 10.4. The van der Waals surface area contributed by atoms with Crippen molar-refractivity contribution in [1.29, 1.82) is 0 Å². The fourth-order valence-electron chi connectivity index (χ4n) is 2.35. The van der Waals surface area contributed by atoms with E-state index in [1.54, 1.807) is 0 Å². The lowest BCUT2D eigenvalue weighted by Crippen LogP contribution is -2.41. The molecule has 4 nitrogen and oxygen atoms in total. The predicted molar refractivity (Wildman–Crippen MR) is 66.8 cm³/mol. The van der Waals surface area contributed by atoms with Gasteiger partial charge in [-0.05, 0) is 38.8 Å². The predicted octanol–water partition coefficient (Wildman–Crippen LogP) is 1.48. The van der Waals surface area contributed by atoms with Crippen LogP contribution in [0.2, 0.25) is 0 Å². The van der Waals surface area contributed by atoms with Crippen molar-refractivity contribution >= 4 is 5.91 Å². The van der Waals surface area contributed by atoms with Gasteiger partial charge < -0.3 is 10.6 Å². The first-order valence-electron chi connectivity index (χ1n) is 6.28. The zero-order valence-electron chi connectivity index (χ0n) is 10.4. The van der Waals surface area contributed by atoms with Gasteiger partial charge in [0.15, 0.2) is 5.82 Å². The summed E-state index contributed by atoms with van der Waals surface area (Å²) in [5, 5.41) is 6.12. The first-order valence-corrected chi connectivity index (χ1v) is 6.28. The lowest BCUT2D eigenvalue weighted by molar-refractivity contribution is 0.0920. The quantitative estimate of drug-likeness (QED) is 0.855. The van der Waals surface area contributed by atoms with E-state index in [4.69, 9.17) is 0 Å². The molecule has 0 atom stereocenters. The zero-order chi connectivity index (χ0) is 13.0. The van der Waals surface area contributed by atoms with E-state index in [1.807, 2.05) is 7.05 Å². The molecule has 5 heteroatoms. The van der Waals surface area contributed by atoms with Gasteiger partial charge in [-0.2, -0.15) is 0 Å². The fourth-order valence-corrected chi connectivity index (χ4v) is 2.35. The van der Waals surface area contributed by atoms with E-state index in [1.165, 1.54) is 12.3 Å². The second kappa shape index (κ2) is 5.91. The number of nitrogens with one attached hydrogen (secondary N) is 2. The third-order valence-electron chi connectivity index (χ3n) is 3.49. The summed E-state index contributed by atoms with van der Waals surface area (Å²) >= 11 is 0. The van der Waals surface area contributed by atoms with Gasteiger partial charge in [-0.3, -0.25) is 9.78 Å². The van der Waals surface area contributed by atoms with Crippen LogP contribution in [0.25, 0.3) is 0 Å². The van der Waals surface area contributed by atoms with Crippen molar-refractivity contribution in [1.82, 2.24) is 15.6 Å². The van der Waals surface area contributed by atoms with E-state index in [0.29, 0.717) is 6.04 Å². The molecule has 98 valence electrons. The summed E-state index contributed by atoms with van der Waals surface area (Å²) in [5.74, 6) is -0.915. The van der Waals surface area contributed by atoms with Crippen molar-refractivity contribution in [3.05, 3.63) is 29.8 Å². The maximum absolute atomic E-state index is 13.4. The molecule has 0 saturated heterocycles. The van der Waals surface area contributed by atoms with Crippen molar-refractivity contribution in [2.24, 2.45) is 0 Å². The molecule has 0 unspecified atom stereocenters. The minimum Gasteiger partial charge on any atom is -0.349 e. The molecule has 0 bridgehead atoms. The van der Waals surface area contributed by atoms with Crippen molar-refractivity contribution in [3.8, 4) is 0 Å². The molecule has 18 heavy (non-hydrogen) atoms. The summed E-state index contributed by atoms with van der Waals surface area (Å²) in [5.41, 5.74) is 0.0701. The Morgan fingerprint density at radius 1 is 1.33 bits per heavy atom. The van der Waals surface area contributed by atoms with Crippen LogP contribution in [0.4, 0.5) is 4.39 Å². The number of hydrogen-bond donors (Lipinski definition) is 2. The highest BCUT2D eigenvalue weighted by Crippen LogP contribution is 2.18. The first kappa shape index (κ1) is 13.0. The lowest BCUT2D eigenvalue weighted by Gasteiger charge is -2.28. The Hall–Kier alpha value is -1.49. The van der Waals surface area contributed by atoms with Crippen LogP contribution in [0.5, 0.6) is 0 Å². The number of amides is 1. The number of pyridine rings is 1. The maximum atomic E-state index is 13.4. The Morgan fingerprint density at radius 3 is 2.61 bits per heavy atom. The van der Waals surface area contributed by atoms with Crippen LogP contribution in [0.1, 0.15) is 36.0 Å². The Labute approximate surface area is 106 Å². The minimum absolute atomic E-state index is 0.0701. The molecule has 0 spiro atoms. The van der Waals surface area contributed by atoms with Gasteiger partial charge in [0.1, 0.15) is 0 Å². The van der Waals surface area contributed by atoms with Crippen LogP contribution in [-0.2, 0) is 0 Å². The second-order valence-electron chi connectivity index (χ2n) is 4.67. The molecule has 0 radical (unpaired) electrons. The third-order valence-corrected chi connectivity index (χ3v) is 3.49. The molecule has 0 aliphatic heterocycles.